The number of rotatable bonds is 6. The lowest BCUT2D eigenvalue weighted by Gasteiger charge is -2.18. The lowest BCUT2D eigenvalue weighted by atomic mass is 10.1. The van der Waals surface area contributed by atoms with Gasteiger partial charge in [0.25, 0.3) is 0 Å². The maximum Gasteiger partial charge on any atom is 0.230 e. The summed E-state index contributed by atoms with van der Waals surface area (Å²) in [6, 6.07) is 15.8. The van der Waals surface area contributed by atoms with E-state index in [4.69, 9.17) is 9.47 Å². The molecule has 0 saturated carbocycles. The van der Waals surface area contributed by atoms with Crippen LogP contribution in [0.15, 0.2) is 53.9 Å². The zero-order valence-corrected chi connectivity index (χ0v) is 15.6. The third kappa shape index (κ3) is 4.65. The van der Waals surface area contributed by atoms with E-state index >= 15 is 0 Å². The molecule has 1 aliphatic rings. The van der Waals surface area contributed by atoms with Gasteiger partial charge in [0.05, 0.1) is 17.1 Å². The van der Waals surface area contributed by atoms with Crippen LogP contribution >= 0.6 is 11.3 Å². The van der Waals surface area contributed by atoms with Crippen molar-refractivity contribution in [3.8, 4) is 11.5 Å². The number of ether oxygens (including phenoxy) is 2. The fourth-order valence-corrected chi connectivity index (χ4v) is 3.73. The van der Waals surface area contributed by atoms with E-state index in [2.05, 4.69) is 22.4 Å². The normalized spacial score (nSPS) is 12.6. The average molecular weight is 380 g/mol. The van der Waals surface area contributed by atoms with E-state index in [1.165, 1.54) is 5.56 Å². The van der Waals surface area contributed by atoms with Crippen LogP contribution in [0.3, 0.4) is 0 Å². The maximum absolute atomic E-state index is 12.3. The Hall–Kier alpha value is -2.86. The molecule has 3 aromatic rings. The van der Waals surface area contributed by atoms with Gasteiger partial charge in [-0.3, -0.25) is 4.79 Å². The minimum absolute atomic E-state index is 0.0911. The number of hydrogen-bond acceptors (Lipinski definition) is 5. The Morgan fingerprint density at radius 1 is 1.04 bits per heavy atom. The highest BCUT2D eigenvalue weighted by Gasteiger charge is 2.13. The van der Waals surface area contributed by atoms with Crippen molar-refractivity contribution in [2.24, 2.45) is 0 Å². The van der Waals surface area contributed by atoms with Crippen molar-refractivity contribution in [1.29, 1.82) is 0 Å². The van der Waals surface area contributed by atoms with Crippen molar-refractivity contribution < 1.29 is 14.3 Å². The summed E-state index contributed by atoms with van der Waals surface area (Å²) < 4.78 is 11.0. The molecule has 5 nitrogen and oxygen atoms in total. The average Bonchev–Trinajstić information content (AvgIpc) is 3.14. The summed E-state index contributed by atoms with van der Waals surface area (Å²) in [5, 5.41) is 5.92. The second kappa shape index (κ2) is 8.22. The first-order valence-corrected chi connectivity index (χ1v) is 9.81. The van der Waals surface area contributed by atoms with E-state index in [-0.39, 0.29) is 12.3 Å². The second-order valence-electron chi connectivity index (χ2n) is 6.30. The van der Waals surface area contributed by atoms with Gasteiger partial charge in [-0.15, -0.1) is 11.3 Å². The molecule has 6 heteroatoms. The zero-order valence-electron chi connectivity index (χ0n) is 14.8. The quantitative estimate of drug-likeness (QED) is 0.705. The summed E-state index contributed by atoms with van der Waals surface area (Å²) >= 11 is 1.61. The highest BCUT2D eigenvalue weighted by Crippen LogP contribution is 2.32. The van der Waals surface area contributed by atoms with Gasteiger partial charge in [-0.1, -0.05) is 30.3 Å². The minimum Gasteiger partial charge on any atom is -0.486 e. The second-order valence-corrected chi connectivity index (χ2v) is 7.24. The number of hydrogen-bond donors (Lipinski definition) is 1. The molecular weight excluding hydrogens is 360 g/mol. The molecule has 0 fully saturated rings. The summed E-state index contributed by atoms with van der Waals surface area (Å²) in [7, 11) is 0. The third-order valence-electron chi connectivity index (χ3n) is 4.24. The van der Waals surface area contributed by atoms with Crippen molar-refractivity contribution in [2.45, 2.75) is 19.3 Å². The van der Waals surface area contributed by atoms with Crippen LogP contribution < -0.4 is 14.8 Å². The van der Waals surface area contributed by atoms with Gasteiger partial charge in [-0.05, 0) is 24.1 Å². The maximum atomic E-state index is 12.3. The molecule has 4 rings (SSSR count). The van der Waals surface area contributed by atoms with E-state index in [1.807, 2.05) is 35.7 Å². The van der Waals surface area contributed by atoms with E-state index in [9.17, 15) is 4.79 Å². The lowest BCUT2D eigenvalue weighted by molar-refractivity contribution is -0.115. The summed E-state index contributed by atoms with van der Waals surface area (Å²) in [6.07, 6.45) is 2.10. The fourth-order valence-electron chi connectivity index (χ4n) is 2.93. The van der Waals surface area contributed by atoms with Crippen LogP contribution in [0, 0.1) is 0 Å². The summed E-state index contributed by atoms with van der Waals surface area (Å²) in [4.78, 5) is 16.9. The predicted molar refractivity (Wildman–Crippen MR) is 106 cm³/mol. The number of aromatic nitrogens is 1. The van der Waals surface area contributed by atoms with Gasteiger partial charge in [0.1, 0.15) is 13.2 Å². The Kier molecular flexibility index (Phi) is 5.34. The summed E-state index contributed by atoms with van der Waals surface area (Å²) in [5.74, 6) is 1.28. The molecule has 0 bridgehead atoms. The smallest absolute Gasteiger partial charge is 0.230 e. The number of thiazole rings is 1. The Morgan fingerprint density at radius 3 is 2.70 bits per heavy atom. The first kappa shape index (κ1) is 17.5. The van der Waals surface area contributed by atoms with Crippen LogP contribution in [0.25, 0.3) is 0 Å². The van der Waals surface area contributed by atoms with Crippen LogP contribution in [0.1, 0.15) is 16.3 Å². The SMILES string of the molecule is O=C(Cc1csc(CCc2ccccc2)n1)Nc1ccc2c(c1)OCCO2. The molecule has 0 spiro atoms. The summed E-state index contributed by atoms with van der Waals surface area (Å²) in [5.41, 5.74) is 2.80. The molecule has 1 N–H and O–H groups in total. The molecule has 1 amide bonds. The number of anilines is 1. The lowest BCUT2D eigenvalue weighted by Crippen LogP contribution is -2.17. The van der Waals surface area contributed by atoms with Crippen molar-refractivity contribution in [3.63, 3.8) is 0 Å². The number of carbonyl (C=O) groups is 1. The third-order valence-corrected chi connectivity index (χ3v) is 5.19. The van der Waals surface area contributed by atoms with Crippen LogP contribution in [-0.2, 0) is 24.1 Å². The van der Waals surface area contributed by atoms with Crippen LogP contribution in [0.5, 0.6) is 11.5 Å². The molecule has 1 aromatic heterocycles. The standard InChI is InChI=1S/C21H20N2O3S/c24-20(22-16-7-8-18-19(12-16)26-11-10-25-18)13-17-14-27-21(23-17)9-6-15-4-2-1-3-5-15/h1-5,7-8,12,14H,6,9-11,13H2,(H,22,24). The van der Waals surface area contributed by atoms with Gasteiger partial charge < -0.3 is 14.8 Å². The Morgan fingerprint density at radius 2 is 1.85 bits per heavy atom. The number of nitrogens with zero attached hydrogens (tertiary/aromatic N) is 1. The number of aryl methyl sites for hydroxylation is 2. The largest absolute Gasteiger partial charge is 0.486 e. The number of benzene rings is 2. The molecule has 2 aromatic carbocycles. The van der Waals surface area contributed by atoms with Crippen molar-refractivity contribution in [3.05, 3.63) is 70.2 Å². The molecule has 0 unspecified atom stereocenters. The van der Waals surface area contributed by atoms with Crippen molar-refractivity contribution >= 4 is 22.9 Å². The van der Waals surface area contributed by atoms with E-state index in [0.717, 1.165) is 23.5 Å². The number of fused-ring (bicyclic) bond motifs is 1. The molecule has 2 heterocycles. The molecule has 0 saturated heterocycles. The molecule has 138 valence electrons. The topological polar surface area (TPSA) is 60.5 Å². The van der Waals surface area contributed by atoms with Gasteiger partial charge in [-0.25, -0.2) is 4.98 Å². The number of carbonyl (C=O) groups excluding carboxylic acids is 1. The van der Waals surface area contributed by atoms with Crippen molar-refractivity contribution in [2.75, 3.05) is 18.5 Å². The van der Waals surface area contributed by atoms with Crippen LogP contribution in [0.2, 0.25) is 0 Å². The molecule has 1 aliphatic heterocycles. The minimum atomic E-state index is -0.0911. The highest BCUT2D eigenvalue weighted by molar-refractivity contribution is 7.09. The van der Waals surface area contributed by atoms with Gasteiger partial charge in [0.2, 0.25) is 5.91 Å². The van der Waals surface area contributed by atoms with Crippen LogP contribution in [-0.4, -0.2) is 24.1 Å². The Labute approximate surface area is 162 Å². The van der Waals surface area contributed by atoms with E-state index < -0.39 is 0 Å². The molecular formula is C21H20N2O3S. The number of amides is 1. The first-order valence-electron chi connectivity index (χ1n) is 8.93. The van der Waals surface area contributed by atoms with Gasteiger partial charge in [-0.2, -0.15) is 0 Å². The zero-order chi connectivity index (χ0) is 18.5. The van der Waals surface area contributed by atoms with E-state index in [0.29, 0.717) is 30.4 Å². The van der Waals surface area contributed by atoms with Crippen LogP contribution in [0.4, 0.5) is 5.69 Å². The van der Waals surface area contributed by atoms with Gasteiger partial charge in [0, 0.05) is 23.6 Å². The summed E-state index contributed by atoms with van der Waals surface area (Å²) in [6.45, 7) is 1.07. The number of nitrogens with one attached hydrogen (secondary N) is 1. The van der Waals surface area contributed by atoms with E-state index in [1.54, 1.807) is 17.4 Å². The first-order chi connectivity index (χ1) is 13.3. The molecule has 0 atom stereocenters. The van der Waals surface area contributed by atoms with Crippen molar-refractivity contribution in [1.82, 2.24) is 4.98 Å². The molecule has 0 radical (unpaired) electrons. The Balaban J connectivity index is 1.31. The fraction of sp³-hybridized carbons (Fsp3) is 0.238. The molecule has 27 heavy (non-hydrogen) atoms. The highest BCUT2D eigenvalue weighted by atomic mass is 32.1. The monoisotopic (exact) mass is 380 g/mol. The van der Waals surface area contributed by atoms with Gasteiger partial charge in [0.15, 0.2) is 11.5 Å². The Bertz CT molecular complexity index is 924. The predicted octanol–water partition coefficient (Wildman–Crippen LogP) is 3.88. The van der Waals surface area contributed by atoms with Gasteiger partial charge >= 0.3 is 0 Å². The molecule has 0 aliphatic carbocycles.